The topological polar surface area (TPSA) is 50.1 Å². The Morgan fingerprint density at radius 1 is 1.26 bits per heavy atom. The molecule has 5 heteroatoms. The highest BCUT2D eigenvalue weighted by Gasteiger charge is 2.11. The molecule has 0 spiro atoms. The van der Waals surface area contributed by atoms with Crippen LogP contribution in [0.15, 0.2) is 65.8 Å². The maximum atomic E-state index is 5.67. The number of hydrogen-bond acceptors (Lipinski definition) is 5. The lowest BCUT2D eigenvalue weighted by atomic mass is 10.1. The predicted octanol–water partition coefficient (Wildman–Crippen LogP) is 5.51. The van der Waals surface area contributed by atoms with Crippen LogP contribution >= 0.6 is 24.0 Å². The minimum absolute atomic E-state index is 0.158. The zero-order chi connectivity index (χ0) is 19.5. The fourth-order valence-corrected chi connectivity index (χ4v) is 3.93. The summed E-state index contributed by atoms with van der Waals surface area (Å²) >= 11 is 6.55. The zero-order valence-electron chi connectivity index (χ0n) is 16.2. The first-order valence-corrected chi connectivity index (χ1v) is 10.9. The van der Waals surface area contributed by atoms with Crippen LogP contribution in [0.1, 0.15) is 43.2 Å². The molecule has 1 heterocycles. The zero-order valence-corrected chi connectivity index (χ0v) is 17.9. The minimum atomic E-state index is 0.158. The summed E-state index contributed by atoms with van der Waals surface area (Å²) in [7, 11) is 0. The predicted molar refractivity (Wildman–Crippen MR) is 124 cm³/mol. The van der Waals surface area contributed by atoms with Gasteiger partial charge in [0, 0.05) is 28.1 Å². The highest BCUT2D eigenvalue weighted by atomic mass is 32.1. The number of hydrogen-bond donors (Lipinski definition) is 4. The second-order valence-corrected chi connectivity index (χ2v) is 8.24. The number of rotatable bonds is 11. The Morgan fingerprint density at radius 2 is 2.07 bits per heavy atom. The van der Waals surface area contributed by atoms with Crippen molar-refractivity contribution in [2.24, 2.45) is 5.73 Å². The van der Waals surface area contributed by atoms with Gasteiger partial charge >= 0.3 is 0 Å². The quantitative estimate of drug-likeness (QED) is 0.297. The molecule has 3 nitrogen and oxygen atoms in total. The van der Waals surface area contributed by atoms with Gasteiger partial charge in [0.1, 0.15) is 0 Å². The van der Waals surface area contributed by atoms with Crippen molar-refractivity contribution in [3.63, 3.8) is 0 Å². The van der Waals surface area contributed by atoms with Crippen molar-refractivity contribution >= 4 is 29.7 Å². The molecule has 0 saturated heterocycles. The van der Waals surface area contributed by atoms with Crippen molar-refractivity contribution in [2.45, 2.75) is 44.4 Å². The van der Waals surface area contributed by atoms with E-state index >= 15 is 0 Å². The van der Waals surface area contributed by atoms with E-state index in [1.807, 2.05) is 6.08 Å². The Hall–Kier alpha value is -1.85. The van der Waals surface area contributed by atoms with Gasteiger partial charge in [-0.05, 0) is 67.6 Å². The third-order valence-electron chi connectivity index (χ3n) is 4.29. The van der Waals surface area contributed by atoms with E-state index in [2.05, 4.69) is 72.3 Å². The second kappa shape index (κ2) is 11.8. The van der Waals surface area contributed by atoms with E-state index in [1.165, 1.54) is 16.1 Å². The summed E-state index contributed by atoms with van der Waals surface area (Å²) in [5, 5.41) is 9.39. The number of anilines is 1. The number of thiophene rings is 1. The summed E-state index contributed by atoms with van der Waals surface area (Å²) in [6, 6.07) is 12.9. The van der Waals surface area contributed by atoms with E-state index in [4.69, 9.17) is 18.4 Å². The number of allylic oxidation sites excluding steroid dienone is 1. The molecule has 146 valence electrons. The Labute approximate surface area is 173 Å². The molecule has 27 heavy (non-hydrogen) atoms. The third-order valence-corrected chi connectivity index (χ3v) is 5.63. The van der Waals surface area contributed by atoms with Gasteiger partial charge in [0.2, 0.25) is 0 Å². The van der Waals surface area contributed by atoms with Crippen LogP contribution in [0.25, 0.3) is 0 Å². The van der Waals surface area contributed by atoms with Crippen LogP contribution in [-0.4, -0.2) is 11.8 Å². The minimum Gasteiger partial charge on any atom is -0.405 e. The molecule has 2 unspecified atom stereocenters. The van der Waals surface area contributed by atoms with Crippen LogP contribution in [0.4, 0.5) is 5.69 Å². The van der Waals surface area contributed by atoms with Gasteiger partial charge in [-0.25, -0.2) is 0 Å². The first-order valence-electron chi connectivity index (χ1n) is 9.54. The molecule has 2 atom stereocenters. The number of nitrogens with one attached hydrogen (secondary N) is 2. The van der Waals surface area contributed by atoms with Gasteiger partial charge in [0.25, 0.3) is 0 Å². The number of nitrogens with two attached hydrogens (primary N) is 1. The van der Waals surface area contributed by atoms with Gasteiger partial charge in [-0.15, -0.1) is 11.3 Å². The van der Waals surface area contributed by atoms with Crippen LogP contribution in [0, 0.1) is 0 Å². The van der Waals surface area contributed by atoms with Crippen molar-refractivity contribution in [3.8, 4) is 0 Å². The van der Waals surface area contributed by atoms with Crippen molar-refractivity contribution in [3.05, 3.63) is 76.3 Å². The fourth-order valence-electron chi connectivity index (χ4n) is 2.91. The van der Waals surface area contributed by atoms with E-state index in [0.717, 1.165) is 31.5 Å². The molecule has 0 amide bonds. The molecule has 2 rings (SSSR count). The smallest absolute Gasteiger partial charge is 0.0505 e. The lowest BCUT2D eigenvalue weighted by molar-refractivity contribution is 0.662. The molecule has 4 N–H and O–H groups in total. The first kappa shape index (κ1) is 21.5. The Kier molecular flexibility index (Phi) is 9.36. The average molecular weight is 402 g/mol. The SMILES string of the molecule is CCCNc1ccccc1C(C)NC(/C=C\N)=C/C(S)CCc1cccs1. The van der Waals surface area contributed by atoms with Crippen LogP contribution in [0.2, 0.25) is 0 Å². The number of thiol groups is 1. The van der Waals surface area contributed by atoms with E-state index in [1.54, 1.807) is 17.5 Å². The van der Waals surface area contributed by atoms with E-state index in [0.29, 0.717) is 0 Å². The van der Waals surface area contributed by atoms with Crippen LogP contribution in [0.5, 0.6) is 0 Å². The lowest BCUT2D eigenvalue weighted by Crippen LogP contribution is -2.20. The van der Waals surface area contributed by atoms with Crippen molar-refractivity contribution in [2.75, 3.05) is 11.9 Å². The third kappa shape index (κ3) is 7.35. The number of benzene rings is 1. The van der Waals surface area contributed by atoms with E-state index in [9.17, 15) is 0 Å². The van der Waals surface area contributed by atoms with Crippen LogP contribution in [0.3, 0.4) is 0 Å². The Morgan fingerprint density at radius 3 is 2.78 bits per heavy atom. The Balaban J connectivity index is 2.03. The van der Waals surface area contributed by atoms with Gasteiger partial charge in [-0.1, -0.05) is 31.2 Å². The highest BCUT2D eigenvalue weighted by Crippen LogP contribution is 2.24. The van der Waals surface area contributed by atoms with Crippen LogP contribution in [-0.2, 0) is 6.42 Å². The molecule has 0 saturated carbocycles. The average Bonchev–Trinajstić information content (AvgIpc) is 3.18. The van der Waals surface area contributed by atoms with Crippen molar-refractivity contribution in [1.82, 2.24) is 5.32 Å². The number of aryl methyl sites for hydroxylation is 1. The van der Waals surface area contributed by atoms with Gasteiger partial charge in [-0.2, -0.15) is 12.6 Å². The molecule has 0 radical (unpaired) electrons. The molecule has 0 aliphatic heterocycles. The lowest BCUT2D eigenvalue weighted by Gasteiger charge is -2.21. The summed E-state index contributed by atoms with van der Waals surface area (Å²) in [4.78, 5) is 1.40. The standard InChI is InChI=1S/C22H31N3S2/c1-3-14-24-22-9-5-4-8-21(22)17(2)25-18(12-13-23)16-19(26)10-11-20-7-6-15-27-20/h4-9,12-13,15-17,19,24-26H,3,10-11,14,23H2,1-2H3/b13-12-,18-16+. The van der Waals surface area contributed by atoms with E-state index < -0.39 is 0 Å². The summed E-state index contributed by atoms with van der Waals surface area (Å²) in [5.74, 6) is 0. The molecule has 0 fully saturated rings. The normalized spacial score (nSPS) is 14.3. The van der Waals surface area contributed by atoms with Crippen LogP contribution < -0.4 is 16.4 Å². The number of para-hydroxylation sites is 1. The monoisotopic (exact) mass is 401 g/mol. The maximum Gasteiger partial charge on any atom is 0.0505 e. The highest BCUT2D eigenvalue weighted by molar-refractivity contribution is 7.81. The molecule has 0 aliphatic rings. The maximum absolute atomic E-state index is 5.67. The summed E-state index contributed by atoms with van der Waals surface area (Å²) in [6.07, 6.45) is 8.78. The summed E-state index contributed by atoms with van der Waals surface area (Å²) in [6.45, 7) is 5.31. The summed E-state index contributed by atoms with van der Waals surface area (Å²) < 4.78 is 0. The second-order valence-electron chi connectivity index (χ2n) is 6.55. The molecule has 2 aromatic rings. The van der Waals surface area contributed by atoms with Crippen molar-refractivity contribution < 1.29 is 0 Å². The van der Waals surface area contributed by atoms with Gasteiger partial charge in [0.05, 0.1) is 6.04 Å². The molecule has 0 bridgehead atoms. The summed E-state index contributed by atoms with van der Waals surface area (Å²) in [5.41, 5.74) is 9.09. The molecular formula is C22H31N3S2. The largest absolute Gasteiger partial charge is 0.405 e. The van der Waals surface area contributed by atoms with Gasteiger partial charge in [-0.3, -0.25) is 0 Å². The Bertz CT molecular complexity index is 723. The fraction of sp³-hybridized carbons (Fsp3) is 0.364. The molecule has 0 aliphatic carbocycles. The van der Waals surface area contributed by atoms with Gasteiger partial charge in [0.15, 0.2) is 0 Å². The first-order chi connectivity index (χ1) is 13.1. The van der Waals surface area contributed by atoms with Gasteiger partial charge < -0.3 is 16.4 Å². The molecular weight excluding hydrogens is 370 g/mol. The molecule has 1 aromatic carbocycles. The van der Waals surface area contributed by atoms with Crippen molar-refractivity contribution in [1.29, 1.82) is 0 Å². The van der Waals surface area contributed by atoms with E-state index in [-0.39, 0.29) is 11.3 Å². The molecule has 1 aromatic heterocycles.